The highest BCUT2D eigenvalue weighted by molar-refractivity contribution is 7.92. The molecule has 0 unspecified atom stereocenters. The number of carbonyl (C=O) groups is 1. The van der Waals surface area contributed by atoms with Gasteiger partial charge in [-0.05, 0) is 80.8 Å². The first-order valence-electron chi connectivity index (χ1n) is 11.5. The van der Waals surface area contributed by atoms with E-state index >= 15 is 0 Å². The van der Waals surface area contributed by atoms with Crippen LogP contribution in [0.3, 0.4) is 0 Å². The molecule has 7 nitrogen and oxygen atoms in total. The Morgan fingerprint density at radius 2 is 1.60 bits per heavy atom. The summed E-state index contributed by atoms with van der Waals surface area (Å²) in [5.74, 6) is 0.703. The standard InChI is InChI=1S/C27H30N2O5S/c1-18-5-8-23(9-6-18)35(31,32)29-17-26(34-25-16-19(2)7-10-24(25)29)27(30)28-11-12-33-22-14-20(3)13-21(4)15-22/h5-10,13-16,26H,11-12,17H2,1-4H3,(H,28,30)/t26-/m1/s1. The lowest BCUT2D eigenvalue weighted by Crippen LogP contribution is -2.51. The molecule has 0 aliphatic carbocycles. The Labute approximate surface area is 206 Å². The SMILES string of the molecule is Cc1ccc(S(=O)(=O)N2C[C@H](C(=O)NCCOc3cc(C)cc(C)c3)Oc3cc(C)ccc32)cc1. The van der Waals surface area contributed by atoms with E-state index in [4.69, 9.17) is 9.47 Å². The van der Waals surface area contributed by atoms with Crippen LogP contribution in [0.1, 0.15) is 22.3 Å². The van der Waals surface area contributed by atoms with Crippen molar-refractivity contribution < 1.29 is 22.7 Å². The molecule has 1 heterocycles. The number of aryl methyl sites for hydroxylation is 4. The van der Waals surface area contributed by atoms with Crippen LogP contribution in [0.25, 0.3) is 0 Å². The lowest BCUT2D eigenvalue weighted by atomic mass is 10.1. The normalized spacial score (nSPS) is 15.2. The molecule has 184 valence electrons. The molecule has 4 rings (SSSR count). The van der Waals surface area contributed by atoms with Gasteiger partial charge in [0.25, 0.3) is 15.9 Å². The van der Waals surface area contributed by atoms with E-state index in [9.17, 15) is 13.2 Å². The van der Waals surface area contributed by atoms with Gasteiger partial charge in [0.2, 0.25) is 0 Å². The Bertz CT molecular complexity index is 1320. The van der Waals surface area contributed by atoms with Crippen LogP contribution in [0.15, 0.2) is 65.6 Å². The molecular weight excluding hydrogens is 464 g/mol. The molecule has 0 saturated carbocycles. The fourth-order valence-electron chi connectivity index (χ4n) is 4.04. The van der Waals surface area contributed by atoms with Gasteiger partial charge in [0.1, 0.15) is 18.1 Å². The van der Waals surface area contributed by atoms with E-state index < -0.39 is 22.0 Å². The van der Waals surface area contributed by atoms with Crippen LogP contribution in [0.4, 0.5) is 5.69 Å². The number of carbonyl (C=O) groups excluding carboxylic acids is 1. The lowest BCUT2D eigenvalue weighted by Gasteiger charge is -2.35. The van der Waals surface area contributed by atoms with E-state index in [0.29, 0.717) is 11.4 Å². The van der Waals surface area contributed by atoms with Crippen molar-refractivity contribution >= 4 is 21.6 Å². The second kappa shape index (κ2) is 10.00. The van der Waals surface area contributed by atoms with Crippen molar-refractivity contribution in [1.82, 2.24) is 5.32 Å². The zero-order valence-corrected chi connectivity index (χ0v) is 21.2. The number of amides is 1. The molecule has 0 radical (unpaired) electrons. The number of fused-ring (bicyclic) bond motifs is 1. The number of nitrogens with zero attached hydrogens (tertiary/aromatic N) is 1. The van der Waals surface area contributed by atoms with Gasteiger partial charge >= 0.3 is 0 Å². The number of ether oxygens (including phenoxy) is 2. The van der Waals surface area contributed by atoms with Crippen molar-refractivity contribution in [1.29, 1.82) is 0 Å². The molecule has 0 bridgehead atoms. The van der Waals surface area contributed by atoms with E-state index in [-0.39, 0.29) is 24.6 Å². The highest BCUT2D eigenvalue weighted by Gasteiger charge is 2.37. The third-order valence-corrected chi connectivity index (χ3v) is 7.55. The number of sulfonamides is 1. The van der Waals surface area contributed by atoms with Crippen molar-refractivity contribution in [3.8, 4) is 11.5 Å². The summed E-state index contributed by atoms with van der Waals surface area (Å²) < 4.78 is 40.0. The Hall–Kier alpha value is -3.52. The van der Waals surface area contributed by atoms with Gasteiger partial charge in [0, 0.05) is 0 Å². The average Bonchev–Trinajstić information content (AvgIpc) is 2.80. The van der Waals surface area contributed by atoms with Crippen LogP contribution in [0.5, 0.6) is 11.5 Å². The summed E-state index contributed by atoms with van der Waals surface area (Å²) in [6.07, 6.45) is -0.995. The Morgan fingerprint density at radius 3 is 2.29 bits per heavy atom. The van der Waals surface area contributed by atoms with Crippen molar-refractivity contribution in [2.75, 3.05) is 24.0 Å². The molecule has 3 aromatic rings. The van der Waals surface area contributed by atoms with Crippen LogP contribution < -0.4 is 19.1 Å². The summed E-state index contributed by atoms with van der Waals surface area (Å²) in [5.41, 5.74) is 4.48. The van der Waals surface area contributed by atoms with Gasteiger partial charge in [-0.2, -0.15) is 0 Å². The molecule has 1 amide bonds. The highest BCUT2D eigenvalue weighted by atomic mass is 32.2. The van der Waals surface area contributed by atoms with Crippen LogP contribution in [0.2, 0.25) is 0 Å². The minimum Gasteiger partial charge on any atom is -0.492 e. The smallest absolute Gasteiger partial charge is 0.264 e. The first kappa shape index (κ1) is 24.6. The fourth-order valence-corrected chi connectivity index (χ4v) is 5.51. The second-order valence-corrected chi connectivity index (χ2v) is 10.8. The van der Waals surface area contributed by atoms with Crippen LogP contribution in [0, 0.1) is 27.7 Å². The molecule has 0 saturated heterocycles. The second-order valence-electron chi connectivity index (χ2n) is 8.89. The maximum absolute atomic E-state index is 13.5. The number of nitrogens with one attached hydrogen (secondary N) is 1. The van der Waals surface area contributed by atoms with Crippen LogP contribution in [-0.4, -0.2) is 40.1 Å². The number of hydrogen-bond donors (Lipinski definition) is 1. The van der Waals surface area contributed by atoms with Crippen molar-refractivity contribution in [3.05, 3.63) is 82.9 Å². The van der Waals surface area contributed by atoms with Crippen molar-refractivity contribution in [2.24, 2.45) is 0 Å². The van der Waals surface area contributed by atoms with E-state index in [2.05, 4.69) is 11.4 Å². The molecule has 35 heavy (non-hydrogen) atoms. The molecule has 0 fully saturated rings. The molecule has 1 aliphatic rings. The molecular formula is C27H30N2O5S. The van der Waals surface area contributed by atoms with E-state index in [1.165, 1.54) is 4.31 Å². The molecule has 0 aromatic heterocycles. The summed E-state index contributed by atoms with van der Waals surface area (Å²) in [5, 5.41) is 2.81. The Kier molecular flexibility index (Phi) is 7.03. The topological polar surface area (TPSA) is 84.9 Å². The molecule has 3 aromatic carbocycles. The molecule has 1 N–H and O–H groups in total. The zero-order valence-electron chi connectivity index (χ0n) is 20.4. The number of hydrogen-bond acceptors (Lipinski definition) is 5. The largest absolute Gasteiger partial charge is 0.492 e. The third-order valence-electron chi connectivity index (χ3n) is 5.75. The minimum absolute atomic E-state index is 0.129. The monoisotopic (exact) mass is 494 g/mol. The third kappa shape index (κ3) is 5.59. The first-order chi connectivity index (χ1) is 16.6. The summed E-state index contributed by atoms with van der Waals surface area (Å²) >= 11 is 0. The van der Waals surface area contributed by atoms with Gasteiger partial charge in [0.15, 0.2) is 6.10 Å². The predicted octanol–water partition coefficient (Wildman–Crippen LogP) is 4.07. The van der Waals surface area contributed by atoms with Crippen molar-refractivity contribution in [2.45, 2.75) is 38.7 Å². The molecule has 8 heteroatoms. The zero-order chi connectivity index (χ0) is 25.2. The summed E-state index contributed by atoms with van der Waals surface area (Å²) in [7, 11) is -3.89. The van der Waals surface area contributed by atoms with Gasteiger partial charge in [0.05, 0.1) is 23.7 Å². The summed E-state index contributed by atoms with van der Waals surface area (Å²) in [4.78, 5) is 13.1. The Balaban J connectivity index is 1.48. The van der Waals surface area contributed by atoms with Gasteiger partial charge in [-0.3, -0.25) is 9.10 Å². The fraction of sp³-hybridized carbons (Fsp3) is 0.296. The average molecular weight is 495 g/mol. The maximum atomic E-state index is 13.5. The molecule has 0 spiro atoms. The van der Waals surface area contributed by atoms with Gasteiger partial charge in [-0.15, -0.1) is 0 Å². The molecule has 1 aliphatic heterocycles. The number of benzene rings is 3. The number of rotatable bonds is 7. The maximum Gasteiger partial charge on any atom is 0.264 e. The van der Waals surface area contributed by atoms with Crippen molar-refractivity contribution in [3.63, 3.8) is 0 Å². The lowest BCUT2D eigenvalue weighted by molar-refractivity contribution is -0.127. The van der Waals surface area contributed by atoms with E-state index in [1.54, 1.807) is 36.4 Å². The number of anilines is 1. The predicted molar refractivity (Wildman–Crippen MR) is 136 cm³/mol. The first-order valence-corrected chi connectivity index (χ1v) is 12.9. The van der Waals surface area contributed by atoms with E-state index in [0.717, 1.165) is 28.0 Å². The van der Waals surface area contributed by atoms with Gasteiger partial charge < -0.3 is 14.8 Å². The van der Waals surface area contributed by atoms with Crippen LogP contribution >= 0.6 is 0 Å². The van der Waals surface area contributed by atoms with E-state index in [1.807, 2.05) is 45.9 Å². The minimum atomic E-state index is -3.89. The summed E-state index contributed by atoms with van der Waals surface area (Å²) in [6.45, 7) is 8.19. The van der Waals surface area contributed by atoms with Crippen LogP contribution in [-0.2, 0) is 14.8 Å². The van der Waals surface area contributed by atoms with Gasteiger partial charge in [-0.25, -0.2) is 8.42 Å². The quantitative estimate of drug-likeness (QED) is 0.501. The summed E-state index contributed by atoms with van der Waals surface area (Å²) in [6, 6.07) is 17.9. The highest BCUT2D eigenvalue weighted by Crippen LogP contribution is 2.37. The molecule has 1 atom stereocenters. The Morgan fingerprint density at radius 1 is 0.943 bits per heavy atom. The van der Waals surface area contributed by atoms with Gasteiger partial charge in [-0.1, -0.05) is 29.8 Å².